The van der Waals surface area contributed by atoms with Crippen LogP contribution in [0.25, 0.3) is 0 Å². The summed E-state index contributed by atoms with van der Waals surface area (Å²) in [5, 5.41) is 0. The molecule has 2 nitrogen and oxygen atoms in total. The number of halogens is 2. The third-order valence-corrected chi connectivity index (χ3v) is 4.42. The highest BCUT2D eigenvalue weighted by atomic mass is 19.3. The van der Waals surface area contributed by atoms with Crippen LogP contribution in [-0.4, -0.2) is 18.3 Å². The summed E-state index contributed by atoms with van der Waals surface area (Å²) in [7, 11) is -0.510. The average Bonchev–Trinajstić information content (AvgIpc) is 2.59. The second-order valence-electron chi connectivity index (χ2n) is 6.66. The number of alkyl halides is 2. The maximum absolute atomic E-state index is 13.8. The van der Waals surface area contributed by atoms with Crippen molar-refractivity contribution in [2.75, 3.05) is 0 Å². The van der Waals surface area contributed by atoms with Crippen LogP contribution in [0.3, 0.4) is 0 Å². The second kappa shape index (κ2) is 5.36. The summed E-state index contributed by atoms with van der Waals surface area (Å²) < 4.78 is 39.5. The SMILES string of the molecule is CCCC(F)(F)c1ccc(B2OC(C)(C)C(C)(C)O2)cc1. The van der Waals surface area contributed by atoms with E-state index in [0.717, 1.165) is 5.46 Å². The number of rotatable bonds is 4. The fraction of sp³-hybridized carbons (Fsp3) is 0.625. The van der Waals surface area contributed by atoms with Gasteiger partial charge in [-0.25, -0.2) is 8.78 Å². The standard InChI is InChI=1S/C16H23BF2O2/c1-6-11-16(18,19)12-7-9-13(10-8-12)17-20-14(2,3)15(4,5)21-17/h7-10H,6,11H2,1-5H3. The van der Waals surface area contributed by atoms with Crippen LogP contribution in [0.2, 0.25) is 0 Å². The van der Waals surface area contributed by atoms with Crippen molar-refractivity contribution in [2.45, 2.75) is 64.6 Å². The first kappa shape index (κ1) is 16.4. The fourth-order valence-electron chi connectivity index (χ4n) is 2.32. The molecule has 0 aliphatic carbocycles. The topological polar surface area (TPSA) is 18.5 Å². The average molecular weight is 296 g/mol. The molecule has 0 spiro atoms. The smallest absolute Gasteiger partial charge is 0.399 e. The molecule has 1 fully saturated rings. The van der Waals surface area contributed by atoms with Crippen molar-refractivity contribution in [1.82, 2.24) is 0 Å². The minimum absolute atomic E-state index is 0.0459. The highest BCUT2D eigenvalue weighted by Crippen LogP contribution is 2.37. The Labute approximate surface area is 126 Å². The number of benzene rings is 1. The normalized spacial score (nSPS) is 20.8. The quantitative estimate of drug-likeness (QED) is 0.785. The van der Waals surface area contributed by atoms with Crippen LogP contribution in [0.15, 0.2) is 24.3 Å². The van der Waals surface area contributed by atoms with Gasteiger partial charge in [-0.15, -0.1) is 0 Å². The largest absolute Gasteiger partial charge is 0.494 e. The van der Waals surface area contributed by atoms with Gasteiger partial charge in [0.2, 0.25) is 0 Å². The van der Waals surface area contributed by atoms with Crippen molar-refractivity contribution in [2.24, 2.45) is 0 Å². The molecule has 1 aromatic rings. The van der Waals surface area contributed by atoms with E-state index in [1.807, 2.05) is 27.7 Å². The first-order valence-corrected chi connectivity index (χ1v) is 7.43. The summed E-state index contributed by atoms with van der Waals surface area (Å²) >= 11 is 0. The molecule has 1 saturated heterocycles. The van der Waals surface area contributed by atoms with Gasteiger partial charge in [-0.05, 0) is 33.2 Å². The molecule has 0 atom stereocenters. The summed E-state index contributed by atoms with van der Waals surface area (Å²) in [4.78, 5) is 0. The lowest BCUT2D eigenvalue weighted by Crippen LogP contribution is -2.41. The van der Waals surface area contributed by atoms with Crippen LogP contribution >= 0.6 is 0 Å². The van der Waals surface area contributed by atoms with Gasteiger partial charge in [0, 0.05) is 12.0 Å². The van der Waals surface area contributed by atoms with Gasteiger partial charge >= 0.3 is 7.12 Å². The molecule has 2 rings (SSSR count). The molecule has 1 aliphatic rings. The van der Waals surface area contributed by atoms with E-state index < -0.39 is 24.2 Å². The summed E-state index contributed by atoms with van der Waals surface area (Å²) in [5.74, 6) is -2.77. The van der Waals surface area contributed by atoms with E-state index in [2.05, 4.69) is 0 Å². The minimum Gasteiger partial charge on any atom is -0.399 e. The molecule has 0 N–H and O–H groups in total. The lowest BCUT2D eigenvalue weighted by Gasteiger charge is -2.32. The molecule has 0 bridgehead atoms. The first-order chi connectivity index (χ1) is 9.59. The van der Waals surface area contributed by atoms with E-state index in [1.165, 1.54) is 12.1 Å². The van der Waals surface area contributed by atoms with Crippen molar-refractivity contribution in [3.05, 3.63) is 29.8 Å². The second-order valence-corrected chi connectivity index (χ2v) is 6.66. The monoisotopic (exact) mass is 296 g/mol. The highest BCUT2D eigenvalue weighted by molar-refractivity contribution is 6.62. The van der Waals surface area contributed by atoms with Gasteiger partial charge in [0.1, 0.15) is 0 Å². The van der Waals surface area contributed by atoms with E-state index in [9.17, 15) is 8.78 Å². The predicted octanol–water partition coefficient (Wildman–Crippen LogP) is 3.88. The molecule has 1 heterocycles. The Kier molecular flexibility index (Phi) is 4.20. The Morgan fingerprint density at radius 3 is 1.90 bits per heavy atom. The third-order valence-electron chi connectivity index (χ3n) is 4.42. The molecule has 1 aromatic carbocycles. The van der Waals surface area contributed by atoms with Crippen molar-refractivity contribution in [3.8, 4) is 0 Å². The zero-order chi connectivity index (χ0) is 15.9. The third kappa shape index (κ3) is 3.14. The molecule has 21 heavy (non-hydrogen) atoms. The molecule has 116 valence electrons. The van der Waals surface area contributed by atoms with Crippen LogP contribution in [-0.2, 0) is 15.2 Å². The van der Waals surface area contributed by atoms with Crippen LogP contribution in [0.4, 0.5) is 8.78 Å². The van der Waals surface area contributed by atoms with Gasteiger partial charge in [-0.3, -0.25) is 0 Å². The van der Waals surface area contributed by atoms with Crippen molar-refractivity contribution in [1.29, 1.82) is 0 Å². The Bertz CT molecular complexity index is 482. The number of hydrogen-bond acceptors (Lipinski definition) is 2. The van der Waals surface area contributed by atoms with Gasteiger partial charge < -0.3 is 9.31 Å². The predicted molar refractivity (Wildman–Crippen MR) is 81.0 cm³/mol. The van der Waals surface area contributed by atoms with Crippen molar-refractivity contribution in [3.63, 3.8) is 0 Å². The molecular weight excluding hydrogens is 273 g/mol. The molecule has 1 aliphatic heterocycles. The Balaban J connectivity index is 2.18. The van der Waals surface area contributed by atoms with E-state index >= 15 is 0 Å². The maximum Gasteiger partial charge on any atom is 0.494 e. The Morgan fingerprint density at radius 1 is 1.00 bits per heavy atom. The molecule has 5 heteroatoms. The summed E-state index contributed by atoms with van der Waals surface area (Å²) in [5.41, 5.74) is -0.0420. The maximum atomic E-state index is 13.8. The van der Waals surface area contributed by atoms with E-state index in [0.29, 0.717) is 6.42 Å². The van der Waals surface area contributed by atoms with E-state index in [-0.39, 0.29) is 12.0 Å². The summed E-state index contributed by atoms with van der Waals surface area (Å²) in [6, 6.07) is 6.27. The Hall–Kier alpha value is -0.935. The fourth-order valence-corrected chi connectivity index (χ4v) is 2.32. The summed E-state index contributed by atoms with van der Waals surface area (Å²) in [6.07, 6.45) is 0.314. The van der Waals surface area contributed by atoms with Gasteiger partial charge in [-0.2, -0.15) is 0 Å². The molecule has 0 aromatic heterocycles. The van der Waals surface area contributed by atoms with Crippen LogP contribution < -0.4 is 5.46 Å². The van der Waals surface area contributed by atoms with Crippen LogP contribution in [0, 0.1) is 0 Å². The molecular formula is C16H23BF2O2. The highest BCUT2D eigenvalue weighted by Gasteiger charge is 2.51. The van der Waals surface area contributed by atoms with Gasteiger partial charge in [0.05, 0.1) is 11.2 Å². The van der Waals surface area contributed by atoms with Crippen LogP contribution in [0.5, 0.6) is 0 Å². The van der Waals surface area contributed by atoms with Gasteiger partial charge in [-0.1, -0.05) is 37.6 Å². The van der Waals surface area contributed by atoms with Gasteiger partial charge in [0.15, 0.2) is 0 Å². The van der Waals surface area contributed by atoms with Crippen LogP contribution in [0.1, 0.15) is 53.0 Å². The lowest BCUT2D eigenvalue weighted by molar-refractivity contribution is -0.0140. The zero-order valence-electron chi connectivity index (χ0n) is 13.4. The molecule has 0 unspecified atom stereocenters. The first-order valence-electron chi connectivity index (χ1n) is 7.43. The Morgan fingerprint density at radius 2 is 1.48 bits per heavy atom. The molecule has 0 amide bonds. The molecule has 0 saturated carbocycles. The molecule has 0 radical (unpaired) electrons. The van der Waals surface area contributed by atoms with Crippen molar-refractivity contribution < 1.29 is 18.1 Å². The van der Waals surface area contributed by atoms with Crippen molar-refractivity contribution >= 4 is 12.6 Å². The zero-order valence-corrected chi connectivity index (χ0v) is 13.4. The van der Waals surface area contributed by atoms with E-state index in [4.69, 9.17) is 9.31 Å². The van der Waals surface area contributed by atoms with E-state index in [1.54, 1.807) is 19.1 Å². The lowest BCUT2D eigenvalue weighted by atomic mass is 9.78. The minimum atomic E-state index is -2.77. The van der Waals surface area contributed by atoms with Gasteiger partial charge in [0.25, 0.3) is 5.92 Å². The summed E-state index contributed by atoms with van der Waals surface area (Å²) in [6.45, 7) is 9.63. The number of hydrogen-bond donors (Lipinski definition) is 0.